The summed E-state index contributed by atoms with van der Waals surface area (Å²) in [6.07, 6.45) is 0.847. The van der Waals surface area contributed by atoms with Crippen molar-refractivity contribution in [3.05, 3.63) is 0 Å². The van der Waals surface area contributed by atoms with E-state index in [9.17, 15) is 4.79 Å². The number of hydrogen-bond acceptors (Lipinski definition) is 4. The molecule has 4 nitrogen and oxygen atoms in total. The van der Waals surface area contributed by atoms with Crippen LogP contribution in [0.1, 0.15) is 21.7 Å². The molecule has 0 aromatic carbocycles. The van der Waals surface area contributed by atoms with Gasteiger partial charge in [0.05, 0.1) is 6.61 Å². The van der Waals surface area contributed by atoms with Gasteiger partial charge in [0, 0.05) is 21.2 Å². The summed E-state index contributed by atoms with van der Waals surface area (Å²) in [6.45, 7) is 7.71. The van der Waals surface area contributed by atoms with Gasteiger partial charge in [-0.2, -0.15) is 0 Å². The van der Waals surface area contributed by atoms with Crippen molar-refractivity contribution in [1.29, 1.82) is 0 Å². The van der Waals surface area contributed by atoms with E-state index in [0.717, 1.165) is 26.1 Å². The van der Waals surface area contributed by atoms with Gasteiger partial charge in [0.2, 0.25) is 0 Å². The Morgan fingerprint density at radius 3 is 2.64 bits per heavy atom. The Bertz CT molecular complexity index is 145. The first kappa shape index (κ1) is 13.5. The minimum absolute atomic E-state index is 0. The van der Waals surface area contributed by atoms with Crippen LogP contribution >= 0.6 is 0 Å². The van der Waals surface area contributed by atoms with Gasteiger partial charge in [-0.25, -0.2) is 0 Å². The van der Waals surface area contributed by atoms with Gasteiger partial charge in [-0.1, -0.05) is 6.92 Å². The van der Waals surface area contributed by atoms with Gasteiger partial charge in [0.25, 0.3) is 0 Å². The summed E-state index contributed by atoms with van der Waals surface area (Å²) in [6, 6.07) is 0. The number of rotatable bonds is 10. The SMILES string of the molecule is CCNCCOCCCOCC(C)=O.[HH]. The summed E-state index contributed by atoms with van der Waals surface area (Å²) in [5.41, 5.74) is 0. The van der Waals surface area contributed by atoms with Gasteiger partial charge >= 0.3 is 0 Å². The van der Waals surface area contributed by atoms with E-state index in [0.29, 0.717) is 13.2 Å². The van der Waals surface area contributed by atoms with Crippen molar-refractivity contribution in [3.8, 4) is 0 Å². The largest absolute Gasteiger partial charge is 0.380 e. The first-order valence-electron chi connectivity index (χ1n) is 5.13. The van der Waals surface area contributed by atoms with Crippen LogP contribution in [0.3, 0.4) is 0 Å². The Kier molecular flexibility index (Phi) is 10.3. The quantitative estimate of drug-likeness (QED) is 0.537. The molecule has 0 atom stereocenters. The molecule has 0 aromatic rings. The molecule has 0 aromatic heterocycles. The predicted molar refractivity (Wildman–Crippen MR) is 57.6 cm³/mol. The fourth-order valence-corrected chi connectivity index (χ4v) is 0.902. The van der Waals surface area contributed by atoms with E-state index in [-0.39, 0.29) is 13.8 Å². The number of likely N-dealkylation sites (N-methyl/N-ethyl adjacent to an activating group) is 1. The average molecular weight is 205 g/mol. The molecule has 0 heterocycles. The second-order valence-electron chi connectivity index (χ2n) is 3.07. The molecule has 1 N–H and O–H groups in total. The fourth-order valence-electron chi connectivity index (χ4n) is 0.902. The number of carbonyl (C=O) groups is 1. The lowest BCUT2D eigenvalue weighted by molar-refractivity contribution is -0.121. The molecule has 0 bridgehead atoms. The summed E-state index contributed by atoms with van der Waals surface area (Å²) in [5, 5.41) is 3.16. The van der Waals surface area contributed by atoms with Crippen molar-refractivity contribution in [2.24, 2.45) is 0 Å². The summed E-state index contributed by atoms with van der Waals surface area (Å²) in [5.74, 6) is 0.0677. The zero-order valence-electron chi connectivity index (χ0n) is 9.17. The molecule has 86 valence electrons. The molecule has 0 rings (SSSR count). The summed E-state index contributed by atoms with van der Waals surface area (Å²) in [7, 11) is 0. The summed E-state index contributed by atoms with van der Waals surface area (Å²) in [4.78, 5) is 10.5. The number of ketones is 1. The normalized spacial score (nSPS) is 10.4. The van der Waals surface area contributed by atoms with Crippen molar-refractivity contribution in [3.63, 3.8) is 0 Å². The molecule has 14 heavy (non-hydrogen) atoms. The molecule has 0 saturated carbocycles. The van der Waals surface area contributed by atoms with E-state index >= 15 is 0 Å². The predicted octanol–water partition coefficient (Wildman–Crippen LogP) is 0.854. The molecule has 0 aliphatic carbocycles. The lowest BCUT2D eigenvalue weighted by Crippen LogP contribution is -2.19. The van der Waals surface area contributed by atoms with Gasteiger partial charge in [0.15, 0.2) is 5.78 Å². The van der Waals surface area contributed by atoms with Crippen molar-refractivity contribution >= 4 is 5.78 Å². The molecule has 0 aliphatic heterocycles. The van der Waals surface area contributed by atoms with E-state index in [2.05, 4.69) is 12.2 Å². The van der Waals surface area contributed by atoms with Crippen LogP contribution in [0.5, 0.6) is 0 Å². The highest BCUT2D eigenvalue weighted by molar-refractivity contribution is 5.76. The van der Waals surface area contributed by atoms with Crippen molar-refractivity contribution in [2.45, 2.75) is 20.3 Å². The molecule has 0 spiro atoms. The Labute approximate surface area is 87.4 Å². The Hall–Kier alpha value is -0.450. The second kappa shape index (κ2) is 10.6. The molecule has 0 fully saturated rings. The minimum atomic E-state index is 0. The Morgan fingerprint density at radius 1 is 1.29 bits per heavy atom. The van der Waals surface area contributed by atoms with Crippen LogP contribution in [0, 0.1) is 0 Å². The third-order valence-electron chi connectivity index (χ3n) is 1.56. The molecule has 0 amide bonds. The van der Waals surface area contributed by atoms with Crippen LogP contribution in [0.2, 0.25) is 0 Å². The van der Waals surface area contributed by atoms with Gasteiger partial charge in [-0.05, 0) is 19.9 Å². The van der Waals surface area contributed by atoms with Gasteiger partial charge < -0.3 is 14.8 Å². The van der Waals surface area contributed by atoms with Crippen molar-refractivity contribution in [2.75, 3.05) is 39.5 Å². The monoisotopic (exact) mass is 205 g/mol. The van der Waals surface area contributed by atoms with Crippen molar-refractivity contribution in [1.82, 2.24) is 5.32 Å². The molecule has 0 aliphatic rings. The molecule has 0 unspecified atom stereocenters. The number of Topliss-reactive ketones (excluding diaryl/α,β-unsaturated/α-hetero) is 1. The van der Waals surface area contributed by atoms with Crippen molar-refractivity contribution < 1.29 is 15.7 Å². The third kappa shape index (κ3) is 11.6. The second-order valence-corrected chi connectivity index (χ2v) is 3.07. The molecule has 0 radical (unpaired) electrons. The van der Waals surface area contributed by atoms with Gasteiger partial charge in [0.1, 0.15) is 6.61 Å². The molecule has 4 heteroatoms. The summed E-state index contributed by atoms with van der Waals surface area (Å²) >= 11 is 0. The highest BCUT2D eigenvalue weighted by atomic mass is 16.5. The highest BCUT2D eigenvalue weighted by Gasteiger charge is 1.93. The number of carbonyl (C=O) groups excluding carboxylic acids is 1. The van der Waals surface area contributed by atoms with E-state index in [1.165, 1.54) is 6.92 Å². The maximum atomic E-state index is 10.5. The average Bonchev–Trinajstić information content (AvgIpc) is 2.15. The van der Waals surface area contributed by atoms with E-state index < -0.39 is 0 Å². The van der Waals surface area contributed by atoms with Crippen LogP contribution in [-0.4, -0.2) is 45.3 Å². The first-order chi connectivity index (χ1) is 6.77. The van der Waals surface area contributed by atoms with Crippen LogP contribution in [-0.2, 0) is 14.3 Å². The van der Waals surface area contributed by atoms with Gasteiger partial charge in [-0.3, -0.25) is 4.79 Å². The molecule has 0 saturated heterocycles. The number of nitrogens with one attached hydrogen (secondary N) is 1. The zero-order valence-corrected chi connectivity index (χ0v) is 9.17. The molecular weight excluding hydrogens is 182 g/mol. The maximum absolute atomic E-state index is 10.5. The van der Waals surface area contributed by atoms with Crippen LogP contribution < -0.4 is 5.32 Å². The van der Waals surface area contributed by atoms with Gasteiger partial charge in [-0.15, -0.1) is 0 Å². The number of hydrogen-bond donors (Lipinski definition) is 1. The Balaban J connectivity index is 0. The topological polar surface area (TPSA) is 47.6 Å². The van der Waals surface area contributed by atoms with Crippen LogP contribution in [0.15, 0.2) is 0 Å². The Morgan fingerprint density at radius 2 is 2.00 bits per heavy atom. The zero-order chi connectivity index (χ0) is 10.6. The van der Waals surface area contributed by atoms with E-state index in [4.69, 9.17) is 9.47 Å². The minimum Gasteiger partial charge on any atom is -0.380 e. The lowest BCUT2D eigenvalue weighted by Gasteiger charge is -2.04. The van der Waals surface area contributed by atoms with Crippen LogP contribution in [0.25, 0.3) is 0 Å². The van der Waals surface area contributed by atoms with E-state index in [1.54, 1.807) is 0 Å². The van der Waals surface area contributed by atoms with E-state index in [1.807, 2.05) is 0 Å². The summed E-state index contributed by atoms with van der Waals surface area (Å²) < 4.78 is 10.4. The highest BCUT2D eigenvalue weighted by Crippen LogP contribution is 1.85. The number of ether oxygens (including phenoxy) is 2. The third-order valence-corrected chi connectivity index (χ3v) is 1.56. The maximum Gasteiger partial charge on any atom is 0.155 e. The smallest absolute Gasteiger partial charge is 0.155 e. The molecular formula is C10H23NO3. The first-order valence-corrected chi connectivity index (χ1v) is 5.13. The van der Waals surface area contributed by atoms with Crippen LogP contribution in [0.4, 0.5) is 0 Å². The lowest BCUT2D eigenvalue weighted by atomic mass is 10.4. The standard InChI is InChI=1S/C10H21NO3.H2/c1-3-11-5-8-13-6-4-7-14-9-10(2)12;/h11H,3-9H2,1-2H3;1H. The fraction of sp³-hybridized carbons (Fsp3) is 0.900.